The van der Waals surface area contributed by atoms with Gasteiger partial charge in [0.15, 0.2) is 0 Å². The van der Waals surface area contributed by atoms with Crippen molar-refractivity contribution in [1.29, 1.82) is 0 Å². The van der Waals surface area contributed by atoms with Gasteiger partial charge in [-0.25, -0.2) is 25.3 Å². The van der Waals surface area contributed by atoms with E-state index in [1.165, 1.54) is 40.7 Å². The van der Waals surface area contributed by atoms with Crippen molar-refractivity contribution in [3.63, 3.8) is 0 Å². The van der Waals surface area contributed by atoms with Crippen LogP contribution in [0.1, 0.15) is 29.5 Å². The minimum absolute atomic E-state index is 0.0465. The third-order valence-corrected chi connectivity index (χ3v) is 13.0. The Hall–Kier alpha value is -2.69. The minimum Gasteiger partial charge on any atom is -0.395 e. The molecule has 0 amide bonds. The van der Waals surface area contributed by atoms with Crippen LogP contribution in [0.3, 0.4) is 0 Å². The third kappa shape index (κ3) is 9.66. The minimum atomic E-state index is -4.02. The summed E-state index contributed by atoms with van der Waals surface area (Å²) in [4.78, 5) is 0.209. The van der Waals surface area contributed by atoms with Gasteiger partial charge in [-0.3, -0.25) is 0 Å². The highest BCUT2D eigenvalue weighted by Crippen LogP contribution is 2.21. The molecule has 45 heavy (non-hydrogen) atoms. The molecule has 3 aromatic rings. The zero-order chi connectivity index (χ0) is 33.3. The molecule has 0 saturated heterocycles. The van der Waals surface area contributed by atoms with E-state index >= 15 is 0 Å². The number of nitrogens with zero attached hydrogens (tertiary/aromatic N) is 3. The molecule has 0 aliphatic carbocycles. The van der Waals surface area contributed by atoms with Crippen molar-refractivity contribution >= 4 is 30.1 Å². The number of benzene rings is 3. The molecular weight excluding hydrogens is 639 g/mol. The first kappa shape index (κ1) is 36.8. The zero-order valence-corrected chi connectivity index (χ0v) is 28.4. The van der Waals surface area contributed by atoms with Crippen LogP contribution in [-0.2, 0) is 30.1 Å². The molecule has 3 rings (SSSR count). The summed E-state index contributed by atoms with van der Waals surface area (Å²) in [6.45, 7) is 4.18. The number of aliphatic hydroxyl groups excluding tert-OH is 2. The molecule has 0 unspecified atom stereocenters. The molecule has 2 N–H and O–H groups in total. The van der Waals surface area contributed by atoms with Crippen LogP contribution in [0.2, 0.25) is 0 Å². The van der Waals surface area contributed by atoms with Gasteiger partial charge in [-0.05, 0) is 70.0 Å². The van der Waals surface area contributed by atoms with E-state index in [0.717, 1.165) is 25.3 Å². The van der Waals surface area contributed by atoms with E-state index in [0.29, 0.717) is 0 Å². The summed E-state index contributed by atoms with van der Waals surface area (Å²) < 4.78 is 84.1. The number of hydrogen-bond acceptors (Lipinski definition) is 8. The monoisotopic (exact) mass is 681 g/mol. The molecular formula is C31H43N3O8S3. The molecule has 0 aromatic heterocycles. The Bertz CT molecular complexity index is 1600. The van der Waals surface area contributed by atoms with Crippen LogP contribution in [0, 0.1) is 20.8 Å². The smallest absolute Gasteiger partial charge is 0.243 e. The van der Waals surface area contributed by atoms with Gasteiger partial charge in [0.1, 0.15) is 0 Å². The predicted octanol–water partition coefficient (Wildman–Crippen LogP) is 2.75. The average Bonchev–Trinajstić information content (AvgIpc) is 2.99. The largest absolute Gasteiger partial charge is 0.395 e. The number of aryl methyl sites for hydroxylation is 3. The number of rotatable bonds is 18. The summed E-state index contributed by atoms with van der Waals surface area (Å²) in [6, 6.07) is 19.0. The van der Waals surface area contributed by atoms with Gasteiger partial charge in [0, 0.05) is 39.3 Å². The summed E-state index contributed by atoms with van der Waals surface area (Å²) in [6.07, 6.45) is 0.246. The maximum absolute atomic E-state index is 13.7. The summed E-state index contributed by atoms with van der Waals surface area (Å²) in [5, 5.41) is 19.2. The molecule has 3 aromatic carbocycles. The van der Waals surface area contributed by atoms with Crippen LogP contribution in [-0.4, -0.2) is 101 Å². The quantitative estimate of drug-likeness (QED) is 0.208. The van der Waals surface area contributed by atoms with Crippen molar-refractivity contribution in [2.24, 2.45) is 0 Å². The van der Waals surface area contributed by atoms with Crippen molar-refractivity contribution in [2.45, 2.75) is 48.3 Å². The fraction of sp³-hybridized carbons (Fsp3) is 0.419. The number of hydrogen-bond donors (Lipinski definition) is 2. The van der Waals surface area contributed by atoms with E-state index in [4.69, 9.17) is 0 Å². The molecule has 0 bridgehead atoms. The Labute approximate surface area is 267 Å². The van der Waals surface area contributed by atoms with Crippen LogP contribution < -0.4 is 0 Å². The molecule has 0 spiro atoms. The first-order chi connectivity index (χ1) is 21.2. The van der Waals surface area contributed by atoms with E-state index in [1.54, 1.807) is 36.4 Å². The standard InChI is InChI=1S/C31H43N3O8S3/c1-26-6-12-29(13-7-26)43(37,38)32(18-4-20-33(22-24-35)44(39,40)30-14-8-27(2)9-15-30)19-5-21-34(23-25-36)45(41,42)31-16-10-28(3)11-17-31/h6-17,35-36H,4-5,18-25H2,1-3H3. The predicted molar refractivity (Wildman–Crippen MR) is 173 cm³/mol. The van der Waals surface area contributed by atoms with Crippen molar-refractivity contribution in [3.8, 4) is 0 Å². The third-order valence-electron chi connectivity index (χ3n) is 7.31. The van der Waals surface area contributed by atoms with Gasteiger partial charge < -0.3 is 10.2 Å². The van der Waals surface area contributed by atoms with E-state index in [9.17, 15) is 35.5 Å². The molecule has 0 aliphatic rings. The van der Waals surface area contributed by atoms with E-state index in [2.05, 4.69) is 0 Å². The first-order valence-corrected chi connectivity index (χ1v) is 19.0. The lowest BCUT2D eigenvalue weighted by Crippen LogP contribution is -2.40. The fourth-order valence-electron chi connectivity index (χ4n) is 4.70. The van der Waals surface area contributed by atoms with Crippen molar-refractivity contribution < 1.29 is 35.5 Å². The molecule has 14 heteroatoms. The molecule has 0 radical (unpaired) electrons. The topological polar surface area (TPSA) is 153 Å². The SMILES string of the molecule is Cc1ccc(S(=O)(=O)N(CCO)CCCN(CCCN(CCO)S(=O)(=O)c2ccc(C)cc2)S(=O)(=O)c2ccc(C)cc2)cc1. The Morgan fingerprint density at radius 3 is 0.867 bits per heavy atom. The second-order valence-corrected chi connectivity index (χ2v) is 16.6. The van der Waals surface area contributed by atoms with Crippen molar-refractivity contribution in [2.75, 3.05) is 52.5 Å². The Kier molecular flexibility index (Phi) is 13.3. The Morgan fingerprint density at radius 1 is 0.422 bits per heavy atom. The Balaban J connectivity index is 1.81. The molecule has 0 saturated carbocycles. The Morgan fingerprint density at radius 2 is 0.644 bits per heavy atom. The van der Waals surface area contributed by atoms with Gasteiger partial charge in [-0.2, -0.15) is 12.9 Å². The summed E-state index contributed by atoms with van der Waals surface area (Å²) in [5.41, 5.74) is 2.66. The first-order valence-electron chi connectivity index (χ1n) is 14.7. The summed E-state index contributed by atoms with van der Waals surface area (Å²) >= 11 is 0. The highest BCUT2D eigenvalue weighted by molar-refractivity contribution is 7.89. The highest BCUT2D eigenvalue weighted by Gasteiger charge is 2.29. The van der Waals surface area contributed by atoms with Gasteiger partial charge in [0.05, 0.1) is 27.9 Å². The van der Waals surface area contributed by atoms with Crippen LogP contribution in [0.4, 0.5) is 0 Å². The van der Waals surface area contributed by atoms with Crippen molar-refractivity contribution in [1.82, 2.24) is 12.9 Å². The van der Waals surface area contributed by atoms with Gasteiger partial charge in [0.25, 0.3) is 0 Å². The number of sulfonamides is 3. The van der Waals surface area contributed by atoms with Crippen LogP contribution in [0.15, 0.2) is 87.5 Å². The molecule has 11 nitrogen and oxygen atoms in total. The van der Waals surface area contributed by atoms with E-state index < -0.39 is 43.3 Å². The molecule has 0 heterocycles. The lowest BCUT2D eigenvalue weighted by molar-refractivity contribution is 0.245. The fourth-order valence-corrected chi connectivity index (χ4v) is 9.16. The van der Waals surface area contributed by atoms with Crippen LogP contribution >= 0.6 is 0 Å². The zero-order valence-electron chi connectivity index (χ0n) is 25.9. The van der Waals surface area contributed by atoms with Crippen LogP contribution in [0.25, 0.3) is 0 Å². The van der Waals surface area contributed by atoms with E-state index in [-0.39, 0.29) is 66.8 Å². The molecule has 0 atom stereocenters. The second-order valence-electron chi connectivity index (χ2n) is 10.8. The lowest BCUT2D eigenvalue weighted by atomic mass is 10.2. The van der Waals surface area contributed by atoms with Gasteiger partial charge >= 0.3 is 0 Å². The summed E-state index contributed by atoms with van der Waals surface area (Å²) in [5.74, 6) is 0. The summed E-state index contributed by atoms with van der Waals surface area (Å²) in [7, 11) is -11.9. The molecule has 248 valence electrons. The normalized spacial score (nSPS) is 12.8. The van der Waals surface area contributed by atoms with Gasteiger partial charge in [-0.15, -0.1) is 0 Å². The molecule has 0 fully saturated rings. The average molecular weight is 682 g/mol. The molecule has 0 aliphatic heterocycles. The maximum Gasteiger partial charge on any atom is 0.243 e. The maximum atomic E-state index is 13.7. The van der Waals surface area contributed by atoms with Crippen LogP contribution in [0.5, 0.6) is 0 Å². The van der Waals surface area contributed by atoms with Crippen molar-refractivity contribution in [3.05, 3.63) is 89.5 Å². The van der Waals surface area contributed by atoms with Gasteiger partial charge in [0.2, 0.25) is 30.1 Å². The number of aliphatic hydroxyl groups is 2. The highest BCUT2D eigenvalue weighted by atomic mass is 32.2. The second kappa shape index (κ2) is 16.2. The lowest BCUT2D eigenvalue weighted by Gasteiger charge is -2.27. The van der Waals surface area contributed by atoms with E-state index in [1.807, 2.05) is 20.8 Å². The van der Waals surface area contributed by atoms with Gasteiger partial charge in [-0.1, -0.05) is 53.1 Å².